The van der Waals surface area contributed by atoms with Gasteiger partial charge in [0.15, 0.2) is 6.19 Å². The lowest BCUT2D eigenvalue weighted by Crippen LogP contribution is -2.16. The van der Waals surface area contributed by atoms with Gasteiger partial charge >= 0.3 is 0 Å². The van der Waals surface area contributed by atoms with Crippen molar-refractivity contribution in [3.8, 4) is 6.19 Å². The normalized spacial score (nSPS) is 9.31. The van der Waals surface area contributed by atoms with E-state index in [1.807, 2.05) is 19.1 Å². The molecule has 68 valence electrons. The standard InChI is InChI=1S/C10H11ClN2/c1-2-7-13(8-12)10-5-3-9(11)4-6-10/h3-6H,2,7H2,1H3. The van der Waals surface area contributed by atoms with Crippen LogP contribution >= 0.6 is 11.6 Å². The monoisotopic (exact) mass is 194 g/mol. The van der Waals surface area contributed by atoms with Crippen LogP contribution in [0.1, 0.15) is 13.3 Å². The Kier molecular flexibility index (Phi) is 3.60. The molecule has 0 atom stereocenters. The van der Waals surface area contributed by atoms with E-state index in [1.54, 1.807) is 17.0 Å². The van der Waals surface area contributed by atoms with Gasteiger partial charge in [0.2, 0.25) is 0 Å². The van der Waals surface area contributed by atoms with Crippen LogP contribution in [0.15, 0.2) is 24.3 Å². The molecule has 1 rings (SSSR count). The largest absolute Gasteiger partial charge is 0.280 e. The van der Waals surface area contributed by atoms with Crippen molar-refractivity contribution < 1.29 is 0 Å². The number of hydrogen-bond acceptors (Lipinski definition) is 2. The van der Waals surface area contributed by atoms with Crippen LogP contribution in [0.3, 0.4) is 0 Å². The molecule has 1 aromatic carbocycles. The Bertz CT molecular complexity index is 300. The first-order chi connectivity index (χ1) is 6.27. The second-order valence-electron chi connectivity index (χ2n) is 2.73. The van der Waals surface area contributed by atoms with Gasteiger partial charge in [0, 0.05) is 11.6 Å². The highest BCUT2D eigenvalue weighted by Crippen LogP contribution is 2.17. The zero-order valence-corrected chi connectivity index (χ0v) is 8.25. The van der Waals surface area contributed by atoms with E-state index in [4.69, 9.17) is 16.9 Å². The highest BCUT2D eigenvalue weighted by Gasteiger charge is 2.02. The molecule has 0 heterocycles. The second-order valence-corrected chi connectivity index (χ2v) is 3.16. The summed E-state index contributed by atoms with van der Waals surface area (Å²) in [6.45, 7) is 2.79. The van der Waals surface area contributed by atoms with Gasteiger partial charge in [-0.05, 0) is 30.7 Å². The molecule has 0 saturated carbocycles. The maximum Gasteiger partial charge on any atom is 0.184 e. The molecule has 2 nitrogen and oxygen atoms in total. The fraction of sp³-hybridized carbons (Fsp3) is 0.300. The van der Waals surface area contributed by atoms with Crippen LogP contribution < -0.4 is 4.90 Å². The molecule has 0 unspecified atom stereocenters. The summed E-state index contributed by atoms with van der Waals surface area (Å²) >= 11 is 5.74. The van der Waals surface area contributed by atoms with Crippen molar-refractivity contribution in [2.45, 2.75) is 13.3 Å². The zero-order valence-electron chi connectivity index (χ0n) is 7.50. The van der Waals surface area contributed by atoms with Crippen LogP contribution in [-0.4, -0.2) is 6.54 Å². The second kappa shape index (κ2) is 4.74. The quantitative estimate of drug-likeness (QED) is 0.546. The van der Waals surface area contributed by atoms with E-state index in [0.29, 0.717) is 5.02 Å². The average Bonchev–Trinajstić information content (AvgIpc) is 2.16. The van der Waals surface area contributed by atoms with Gasteiger partial charge in [-0.2, -0.15) is 5.26 Å². The number of halogens is 1. The van der Waals surface area contributed by atoms with E-state index in [0.717, 1.165) is 18.7 Å². The maximum absolute atomic E-state index is 8.82. The Labute approximate surface area is 83.3 Å². The van der Waals surface area contributed by atoms with Gasteiger partial charge in [-0.3, -0.25) is 4.90 Å². The summed E-state index contributed by atoms with van der Waals surface area (Å²) in [5.74, 6) is 0. The molecule has 0 radical (unpaired) electrons. The van der Waals surface area contributed by atoms with E-state index < -0.39 is 0 Å². The molecule has 0 bridgehead atoms. The molecule has 0 fully saturated rings. The summed E-state index contributed by atoms with van der Waals surface area (Å²) in [6, 6.07) is 7.27. The highest BCUT2D eigenvalue weighted by atomic mass is 35.5. The van der Waals surface area contributed by atoms with E-state index >= 15 is 0 Å². The van der Waals surface area contributed by atoms with Crippen molar-refractivity contribution in [2.75, 3.05) is 11.4 Å². The molecule has 0 aliphatic carbocycles. The van der Waals surface area contributed by atoms with E-state index in [1.165, 1.54) is 0 Å². The number of benzene rings is 1. The third kappa shape index (κ3) is 2.64. The van der Waals surface area contributed by atoms with Crippen molar-refractivity contribution in [3.05, 3.63) is 29.3 Å². The minimum Gasteiger partial charge on any atom is -0.280 e. The first-order valence-corrected chi connectivity index (χ1v) is 4.58. The first kappa shape index (κ1) is 9.88. The minimum absolute atomic E-state index is 0.693. The predicted molar refractivity (Wildman–Crippen MR) is 54.7 cm³/mol. The number of nitriles is 1. The van der Waals surface area contributed by atoms with Crippen LogP contribution in [0.25, 0.3) is 0 Å². The number of anilines is 1. The average molecular weight is 195 g/mol. The number of nitrogens with zero attached hydrogens (tertiary/aromatic N) is 2. The minimum atomic E-state index is 0.693. The third-order valence-corrected chi connectivity index (χ3v) is 1.96. The maximum atomic E-state index is 8.82. The van der Waals surface area contributed by atoms with E-state index in [-0.39, 0.29) is 0 Å². The van der Waals surface area contributed by atoms with Crippen molar-refractivity contribution in [1.82, 2.24) is 0 Å². The molecule has 3 heteroatoms. The molecular weight excluding hydrogens is 184 g/mol. The van der Waals surface area contributed by atoms with Crippen molar-refractivity contribution in [1.29, 1.82) is 5.26 Å². The van der Waals surface area contributed by atoms with Gasteiger partial charge in [-0.25, -0.2) is 0 Å². The molecule has 0 N–H and O–H groups in total. The predicted octanol–water partition coefficient (Wildman–Crippen LogP) is 3.04. The molecular formula is C10H11ClN2. The van der Waals surface area contributed by atoms with Gasteiger partial charge in [0.25, 0.3) is 0 Å². The summed E-state index contributed by atoms with van der Waals surface area (Å²) in [5.41, 5.74) is 0.897. The molecule has 0 aromatic heterocycles. The first-order valence-electron chi connectivity index (χ1n) is 4.20. The Morgan fingerprint density at radius 1 is 1.38 bits per heavy atom. The Morgan fingerprint density at radius 2 is 2.00 bits per heavy atom. The number of hydrogen-bond donors (Lipinski definition) is 0. The van der Waals surface area contributed by atoms with Gasteiger partial charge in [-0.1, -0.05) is 18.5 Å². The molecule has 1 aromatic rings. The third-order valence-electron chi connectivity index (χ3n) is 1.71. The van der Waals surface area contributed by atoms with Gasteiger partial charge in [0.05, 0.1) is 5.69 Å². The van der Waals surface area contributed by atoms with Gasteiger partial charge in [0.1, 0.15) is 0 Å². The van der Waals surface area contributed by atoms with Crippen molar-refractivity contribution in [3.63, 3.8) is 0 Å². The summed E-state index contributed by atoms with van der Waals surface area (Å²) in [5, 5.41) is 9.52. The van der Waals surface area contributed by atoms with Crippen LogP contribution in [0.4, 0.5) is 5.69 Å². The summed E-state index contributed by atoms with van der Waals surface area (Å²) in [6.07, 6.45) is 3.08. The van der Waals surface area contributed by atoms with Gasteiger partial charge in [-0.15, -0.1) is 0 Å². The topological polar surface area (TPSA) is 27.0 Å². The van der Waals surface area contributed by atoms with Crippen molar-refractivity contribution >= 4 is 17.3 Å². The molecule has 0 aliphatic heterocycles. The molecule has 0 aliphatic rings. The Balaban J connectivity index is 2.81. The highest BCUT2D eigenvalue weighted by molar-refractivity contribution is 6.30. The smallest absolute Gasteiger partial charge is 0.184 e. The lowest BCUT2D eigenvalue weighted by atomic mass is 10.3. The summed E-state index contributed by atoms with van der Waals surface area (Å²) < 4.78 is 0. The van der Waals surface area contributed by atoms with Crippen LogP contribution in [0.5, 0.6) is 0 Å². The van der Waals surface area contributed by atoms with Crippen LogP contribution in [0, 0.1) is 11.5 Å². The summed E-state index contributed by atoms with van der Waals surface area (Å²) in [7, 11) is 0. The van der Waals surface area contributed by atoms with Crippen molar-refractivity contribution in [2.24, 2.45) is 0 Å². The van der Waals surface area contributed by atoms with Crippen LogP contribution in [0.2, 0.25) is 5.02 Å². The summed E-state index contributed by atoms with van der Waals surface area (Å²) in [4.78, 5) is 1.65. The Hall–Kier alpha value is -1.20. The lowest BCUT2D eigenvalue weighted by Gasteiger charge is -2.13. The molecule has 0 spiro atoms. The lowest BCUT2D eigenvalue weighted by molar-refractivity contribution is 0.887. The Morgan fingerprint density at radius 3 is 2.46 bits per heavy atom. The molecule has 0 saturated heterocycles. The van der Waals surface area contributed by atoms with E-state index in [9.17, 15) is 0 Å². The van der Waals surface area contributed by atoms with Crippen LogP contribution in [-0.2, 0) is 0 Å². The number of rotatable bonds is 3. The molecule has 13 heavy (non-hydrogen) atoms. The zero-order chi connectivity index (χ0) is 9.68. The SMILES string of the molecule is CCCN(C#N)c1ccc(Cl)cc1. The fourth-order valence-electron chi connectivity index (χ4n) is 1.08. The van der Waals surface area contributed by atoms with Gasteiger partial charge < -0.3 is 0 Å². The fourth-order valence-corrected chi connectivity index (χ4v) is 1.21. The van der Waals surface area contributed by atoms with E-state index in [2.05, 4.69) is 6.19 Å². The molecule has 0 amide bonds.